The molecule has 0 saturated heterocycles. The van der Waals surface area contributed by atoms with Crippen LogP contribution in [0.2, 0.25) is 0 Å². The number of hydrogen-bond acceptors (Lipinski definition) is 1. The van der Waals surface area contributed by atoms with Gasteiger partial charge in [0.15, 0.2) is 0 Å². The smallest absolute Gasteiger partial charge is 0.0431 e. The monoisotopic (exact) mass is 206 g/mol. The summed E-state index contributed by atoms with van der Waals surface area (Å²) in [5.74, 6) is 0. The van der Waals surface area contributed by atoms with E-state index in [1.54, 1.807) is 0 Å². The van der Waals surface area contributed by atoms with Gasteiger partial charge in [-0.2, -0.15) is 0 Å². The summed E-state index contributed by atoms with van der Waals surface area (Å²) in [5, 5.41) is 8.66. The molecule has 0 unspecified atom stereocenters. The largest absolute Gasteiger partial charge is 0.396 e. The maximum absolute atomic E-state index is 8.66. The van der Waals surface area contributed by atoms with Crippen LogP contribution >= 0.6 is 0 Å². The number of hydrogen-bond donors (Lipinski definition) is 1. The number of aliphatic hydroxyl groups is 1. The number of benzene rings is 1. The van der Waals surface area contributed by atoms with Crippen LogP contribution in [0, 0.1) is 0 Å². The molecule has 0 aromatic heterocycles. The molecule has 84 valence electrons. The highest BCUT2D eigenvalue weighted by molar-refractivity contribution is 5.26. The minimum Gasteiger partial charge on any atom is -0.396 e. The van der Waals surface area contributed by atoms with Gasteiger partial charge in [0.05, 0.1) is 0 Å². The molecule has 1 nitrogen and oxygen atoms in total. The first-order chi connectivity index (χ1) is 7.38. The van der Waals surface area contributed by atoms with Crippen molar-refractivity contribution in [2.24, 2.45) is 0 Å². The summed E-state index contributed by atoms with van der Waals surface area (Å²) in [6.07, 6.45) is 6.91. The number of aliphatic hydroxyl groups excluding tert-OH is 1. The fourth-order valence-corrected chi connectivity index (χ4v) is 1.93. The van der Waals surface area contributed by atoms with Gasteiger partial charge in [-0.15, -0.1) is 0 Å². The summed E-state index contributed by atoms with van der Waals surface area (Å²) in [5.41, 5.74) is 2.99. The summed E-state index contributed by atoms with van der Waals surface area (Å²) in [6, 6.07) is 8.71. The third-order valence-corrected chi connectivity index (χ3v) is 2.85. The Bertz CT molecular complexity index is 268. The predicted molar refractivity (Wildman–Crippen MR) is 65.1 cm³/mol. The molecule has 0 aliphatic rings. The van der Waals surface area contributed by atoms with E-state index in [0.717, 1.165) is 19.3 Å². The number of rotatable bonds is 7. The molecule has 0 aliphatic carbocycles. The van der Waals surface area contributed by atoms with Gasteiger partial charge in [0.25, 0.3) is 0 Å². The van der Waals surface area contributed by atoms with E-state index in [9.17, 15) is 0 Å². The maximum Gasteiger partial charge on any atom is 0.0431 e. The summed E-state index contributed by atoms with van der Waals surface area (Å²) in [4.78, 5) is 0. The van der Waals surface area contributed by atoms with E-state index in [1.165, 1.54) is 30.4 Å². The molecule has 0 radical (unpaired) electrons. The molecule has 1 aromatic carbocycles. The van der Waals surface area contributed by atoms with Gasteiger partial charge in [-0.1, -0.05) is 44.0 Å². The zero-order valence-electron chi connectivity index (χ0n) is 9.71. The third kappa shape index (κ3) is 4.48. The molecule has 0 heterocycles. The molecular weight excluding hydrogens is 184 g/mol. The Morgan fingerprint density at radius 1 is 0.933 bits per heavy atom. The summed E-state index contributed by atoms with van der Waals surface area (Å²) in [7, 11) is 0. The first-order valence-corrected chi connectivity index (χ1v) is 6.06. The van der Waals surface area contributed by atoms with Crippen LogP contribution in [0.3, 0.4) is 0 Å². The number of unbranched alkanes of at least 4 members (excludes halogenated alkanes) is 3. The van der Waals surface area contributed by atoms with Gasteiger partial charge in [0.1, 0.15) is 0 Å². The average molecular weight is 206 g/mol. The highest BCUT2D eigenvalue weighted by atomic mass is 16.2. The van der Waals surface area contributed by atoms with Crippen LogP contribution in [-0.2, 0) is 12.8 Å². The maximum atomic E-state index is 8.66. The zero-order valence-corrected chi connectivity index (χ0v) is 9.71. The third-order valence-electron chi connectivity index (χ3n) is 2.85. The minimum absolute atomic E-state index is 0.339. The molecule has 0 bridgehead atoms. The van der Waals surface area contributed by atoms with Crippen molar-refractivity contribution in [1.29, 1.82) is 0 Å². The van der Waals surface area contributed by atoms with Gasteiger partial charge in [-0.05, 0) is 36.8 Å². The Morgan fingerprint density at radius 3 is 2.27 bits per heavy atom. The van der Waals surface area contributed by atoms with E-state index in [0.29, 0.717) is 6.61 Å². The summed E-state index contributed by atoms with van der Waals surface area (Å²) >= 11 is 0. The van der Waals surface area contributed by atoms with E-state index in [-0.39, 0.29) is 0 Å². The van der Waals surface area contributed by atoms with Crippen molar-refractivity contribution in [3.05, 3.63) is 35.4 Å². The van der Waals surface area contributed by atoms with Crippen molar-refractivity contribution in [2.45, 2.75) is 45.4 Å². The molecule has 1 heteroatoms. The van der Waals surface area contributed by atoms with Gasteiger partial charge in [-0.25, -0.2) is 0 Å². The van der Waals surface area contributed by atoms with Crippen LogP contribution in [0.4, 0.5) is 0 Å². The summed E-state index contributed by atoms with van der Waals surface area (Å²) in [6.45, 7) is 2.55. The molecule has 0 fully saturated rings. The quantitative estimate of drug-likeness (QED) is 0.678. The second kappa shape index (κ2) is 7.47. The van der Waals surface area contributed by atoms with Crippen LogP contribution in [0.5, 0.6) is 0 Å². The Kier molecular flexibility index (Phi) is 6.10. The van der Waals surface area contributed by atoms with Crippen molar-refractivity contribution in [3.8, 4) is 0 Å². The molecule has 0 atom stereocenters. The van der Waals surface area contributed by atoms with Gasteiger partial charge < -0.3 is 5.11 Å². The molecule has 1 aromatic rings. The van der Waals surface area contributed by atoms with Crippen LogP contribution in [-0.4, -0.2) is 11.7 Å². The molecule has 0 spiro atoms. The van der Waals surface area contributed by atoms with Crippen molar-refractivity contribution >= 4 is 0 Å². The van der Waals surface area contributed by atoms with E-state index in [1.807, 2.05) is 0 Å². The topological polar surface area (TPSA) is 20.2 Å². The van der Waals surface area contributed by atoms with E-state index < -0.39 is 0 Å². The SMILES string of the molecule is CCc1ccccc1CCCCCCO. The first-order valence-electron chi connectivity index (χ1n) is 6.06. The molecule has 0 aliphatic heterocycles. The van der Waals surface area contributed by atoms with Crippen molar-refractivity contribution in [1.82, 2.24) is 0 Å². The van der Waals surface area contributed by atoms with Gasteiger partial charge in [0, 0.05) is 6.61 Å². The van der Waals surface area contributed by atoms with Gasteiger partial charge in [-0.3, -0.25) is 0 Å². The fraction of sp³-hybridized carbons (Fsp3) is 0.571. The van der Waals surface area contributed by atoms with Gasteiger partial charge >= 0.3 is 0 Å². The lowest BCUT2D eigenvalue weighted by atomic mass is 9.99. The summed E-state index contributed by atoms with van der Waals surface area (Å²) < 4.78 is 0. The zero-order chi connectivity index (χ0) is 10.9. The Balaban J connectivity index is 2.30. The van der Waals surface area contributed by atoms with Gasteiger partial charge in [0.2, 0.25) is 0 Å². The predicted octanol–water partition coefficient (Wildman–Crippen LogP) is 3.34. The van der Waals surface area contributed by atoms with Crippen LogP contribution in [0.15, 0.2) is 24.3 Å². The highest BCUT2D eigenvalue weighted by Gasteiger charge is 1.98. The van der Waals surface area contributed by atoms with Crippen molar-refractivity contribution in [2.75, 3.05) is 6.61 Å². The van der Waals surface area contributed by atoms with Crippen LogP contribution in [0.1, 0.15) is 43.7 Å². The van der Waals surface area contributed by atoms with E-state index in [4.69, 9.17) is 5.11 Å². The Labute approximate surface area is 93.1 Å². The second-order valence-electron chi connectivity index (χ2n) is 4.01. The van der Waals surface area contributed by atoms with Crippen molar-refractivity contribution < 1.29 is 5.11 Å². The molecule has 0 amide bonds. The first kappa shape index (κ1) is 12.3. The van der Waals surface area contributed by atoms with E-state index in [2.05, 4.69) is 31.2 Å². The normalized spacial score (nSPS) is 10.5. The molecule has 15 heavy (non-hydrogen) atoms. The minimum atomic E-state index is 0.339. The highest BCUT2D eigenvalue weighted by Crippen LogP contribution is 2.13. The molecule has 1 rings (SSSR count). The second-order valence-corrected chi connectivity index (χ2v) is 4.01. The lowest BCUT2D eigenvalue weighted by Crippen LogP contribution is -1.93. The lowest BCUT2D eigenvalue weighted by Gasteiger charge is -2.06. The van der Waals surface area contributed by atoms with Crippen LogP contribution in [0.25, 0.3) is 0 Å². The molecular formula is C14H22O. The van der Waals surface area contributed by atoms with E-state index >= 15 is 0 Å². The number of aryl methyl sites for hydroxylation is 2. The standard InChI is InChI=1S/C14H22O/c1-2-13-9-6-7-11-14(13)10-5-3-4-8-12-15/h6-7,9,11,15H,2-5,8,10,12H2,1H3. The average Bonchev–Trinajstić information content (AvgIpc) is 2.29. The van der Waals surface area contributed by atoms with Crippen molar-refractivity contribution in [3.63, 3.8) is 0 Å². The Morgan fingerprint density at radius 2 is 1.60 bits per heavy atom. The lowest BCUT2D eigenvalue weighted by molar-refractivity contribution is 0.282. The molecule has 1 N–H and O–H groups in total. The fourth-order valence-electron chi connectivity index (χ4n) is 1.93. The molecule has 0 saturated carbocycles. The Hall–Kier alpha value is -0.820. The van der Waals surface area contributed by atoms with Crippen LogP contribution < -0.4 is 0 Å².